The first kappa shape index (κ1) is 19.6. The SMILES string of the molecule is COc1cccc(NC(=O)CN(C)C(=O)COc2cccnc2[N+](=O)[O-])c1. The van der Waals surface area contributed by atoms with Gasteiger partial charge in [0.05, 0.1) is 13.7 Å². The van der Waals surface area contributed by atoms with Crippen LogP contribution in [0.4, 0.5) is 11.5 Å². The van der Waals surface area contributed by atoms with Crippen LogP contribution in [0.5, 0.6) is 11.5 Å². The molecule has 1 heterocycles. The Morgan fingerprint density at radius 1 is 1.30 bits per heavy atom. The van der Waals surface area contributed by atoms with E-state index in [1.54, 1.807) is 24.3 Å². The second-order valence-electron chi connectivity index (χ2n) is 5.40. The number of aromatic nitrogens is 1. The summed E-state index contributed by atoms with van der Waals surface area (Å²) in [5.41, 5.74) is 0.530. The van der Waals surface area contributed by atoms with Crippen LogP contribution in [0.15, 0.2) is 42.6 Å². The first-order valence-electron chi connectivity index (χ1n) is 7.80. The monoisotopic (exact) mass is 374 g/mol. The molecule has 0 radical (unpaired) electrons. The normalized spacial score (nSPS) is 10.0. The van der Waals surface area contributed by atoms with Crippen molar-refractivity contribution in [3.05, 3.63) is 52.7 Å². The smallest absolute Gasteiger partial charge is 0.406 e. The van der Waals surface area contributed by atoms with E-state index in [2.05, 4.69) is 10.3 Å². The molecule has 0 saturated heterocycles. The van der Waals surface area contributed by atoms with Crippen molar-refractivity contribution in [2.24, 2.45) is 0 Å². The number of carbonyl (C=O) groups is 2. The summed E-state index contributed by atoms with van der Waals surface area (Å²) in [7, 11) is 2.94. The summed E-state index contributed by atoms with van der Waals surface area (Å²) in [6, 6.07) is 9.58. The third kappa shape index (κ3) is 5.66. The van der Waals surface area contributed by atoms with Crippen LogP contribution >= 0.6 is 0 Å². The summed E-state index contributed by atoms with van der Waals surface area (Å²) in [5, 5.41) is 13.5. The van der Waals surface area contributed by atoms with Crippen molar-refractivity contribution in [3.8, 4) is 11.5 Å². The van der Waals surface area contributed by atoms with Crippen molar-refractivity contribution in [2.45, 2.75) is 0 Å². The van der Waals surface area contributed by atoms with E-state index in [1.165, 1.54) is 32.5 Å². The summed E-state index contributed by atoms with van der Waals surface area (Å²) in [6.07, 6.45) is 1.25. The minimum Gasteiger partial charge on any atom is -0.497 e. The first-order valence-corrected chi connectivity index (χ1v) is 7.80. The summed E-state index contributed by atoms with van der Waals surface area (Å²) >= 11 is 0. The Labute approximate surface area is 154 Å². The van der Waals surface area contributed by atoms with Crippen molar-refractivity contribution in [1.29, 1.82) is 0 Å². The largest absolute Gasteiger partial charge is 0.497 e. The summed E-state index contributed by atoms with van der Waals surface area (Å²) in [6.45, 7) is -0.677. The van der Waals surface area contributed by atoms with Crippen molar-refractivity contribution < 1.29 is 24.0 Å². The topological polar surface area (TPSA) is 124 Å². The number of anilines is 1. The highest BCUT2D eigenvalue weighted by atomic mass is 16.6. The minimum atomic E-state index is -0.703. The number of hydrogen-bond acceptors (Lipinski definition) is 7. The molecule has 0 aliphatic heterocycles. The predicted molar refractivity (Wildman–Crippen MR) is 95.6 cm³/mol. The van der Waals surface area contributed by atoms with Gasteiger partial charge in [-0.05, 0) is 34.2 Å². The maximum absolute atomic E-state index is 12.1. The van der Waals surface area contributed by atoms with Gasteiger partial charge in [0, 0.05) is 18.8 Å². The zero-order valence-electron chi connectivity index (χ0n) is 14.7. The predicted octanol–water partition coefficient (Wildman–Crippen LogP) is 1.47. The van der Waals surface area contributed by atoms with Gasteiger partial charge in [0.15, 0.2) is 6.61 Å². The number of likely N-dealkylation sites (N-methyl/N-ethyl adjacent to an activating group) is 1. The number of hydrogen-bond donors (Lipinski definition) is 1. The number of nitrogens with zero attached hydrogens (tertiary/aromatic N) is 3. The maximum Gasteiger partial charge on any atom is 0.406 e. The third-order valence-corrected chi connectivity index (χ3v) is 3.43. The molecular formula is C17H18N4O6. The van der Waals surface area contributed by atoms with E-state index < -0.39 is 29.2 Å². The van der Waals surface area contributed by atoms with Crippen LogP contribution in [0.1, 0.15) is 0 Å². The molecule has 2 rings (SSSR count). The van der Waals surface area contributed by atoms with Crippen molar-refractivity contribution >= 4 is 23.3 Å². The van der Waals surface area contributed by atoms with Crippen LogP contribution in [0.2, 0.25) is 0 Å². The molecule has 27 heavy (non-hydrogen) atoms. The molecule has 0 spiro atoms. The molecule has 2 aromatic rings. The van der Waals surface area contributed by atoms with Crippen molar-refractivity contribution in [1.82, 2.24) is 9.88 Å². The first-order chi connectivity index (χ1) is 12.9. The number of pyridine rings is 1. The highest BCUT2D eigenvalue weighted by molar-refractivity contribution is 5.94. The Bertz CT molecular complexity index is 842. The molecule has 1 aromatic carbocycles. The second kappa shape index (κ2) is 9.13. The lowest BCUT2D eigenvalue weighted by molar-refractivity contribution is -0.390. The van der Waals surface area contributed by atoms with Gasteiger partial charge in [-0.15, -0.1) is 0 Å². The average Bonchev–Trinajstić information content (AvgIpc) is 2.66. The van der Waals surface area contributed by atoms with Crippen molar-refractivity contribution in [3.63, 3.8) is 0 Å². The van der Waals surface area contributed by atoms with Crippen LogP contribution in [-0.4, -0.2) is 53.9 Å². The fourth-order valence-corrected chi connectivity index (χ4v) is 2.09. The summed E-state index contributed by atoms with van der Waals surface area (Å²) in [4.78, 5) is 39.1. The van der Waals surface area contributed by atoms with Crippen molar-refractivity contribution in [2.75, 3.05) is 32.6 Å². The molecule has 1 aromatic heterocycles. The highest BCUT2D eigenvalue weighted by Gasteiger charge is 2.19. The van der Waals surface area contributed by atoms with Gasteiger partial charge in [-0.3, -0.25) is 9.59 Å². The molecule has 0 saturated carbocycles. The molecule has 0 atom stereocenters. The van der Waals surface area contributed by atoms with E-state index in [4.69, 9.17) is 9.47 Å². The number of carbonyl (C=O) groups excluding carboxylic acids is 2. The molecule has 0 aliphatic carbocycles. The van der Waals surface area contributed by atoms with Gasteiger partial charge < -0.3 is 29.8 Å². The van der Waals surface area contributed by atoms with Gasteiger partial charge in [-0.2, -0.15) is 0 Å². The standard InChI is InChI=1S/C17H18N4O6/c1-20(10-15(22)19-12-5-3-6-13(9-12)26-2)16(23)11-27-14-7-4-8-18-17(14)21(24)25/h3-9H,10-11H2,1-2H3,(H,19,22). The average molecular weight is 374 g/mol. The van der Waals surface area contributed by atoms with Gasteiger partial charge in [-0.1, -0.05) is 6.07 Å². The van der Waals surface area contributed by atoms with Gasteiger partial charge >= 0.3 is 5.82 Å². The highest BCUT2D eigenvalue weighted by Crippen LogP contribution is 2.22. The summed E-state index contributed by atoms with van der Waals surface area (Å²) in [5.74, 6) is -0.946. The number of methoxy groups -OCH3 is 1. The second-order valence-corrected chi connectivity index (χ2v) is 5.40. The van der Waals surface area contributed by atoms with Crippen LogP contribution in [0.25, 0.3) is 0 Å². The van der Waals surface area contributed by atoms with E-state index in [0.717, 1.165) is 4.90 Å². The number of nitrogens with one attached hydrogen (secondary N) is 1. The Kier molecular flexibility index (Phi) is 6.64. The van der Waals surface area contributed by atoms with Crippen LogP contribution in [0.3, 0.4) is 0 Å². The van der Waals surface area contributed by atoms with Gasteiger partial charge in [0.25, 0.3) is 5.91 Å². The van der Waals surface area contributed by atoms with Gasteiger partial charge in [0.1, 0.15) is 11.9 Å². The molecule has 1 N–H and O–H groups in total. The molecule has 10 heteroatoms. The van der Waals surface area contributed by atoms with Crippen LogP contribution in [0, 0.1) is 10.1 Å². The lowest BCUT2D eigenvalue weighted by atomic mass is 10.3. The molecule has 10 nitrogen and oxygen atoms in total. The zero-order valence-corrected chi connectivity index (χ0v) is 14.7. The van der Waals surface area contributed by atoms with E-state index >= 15 is 0 Å². The van der Waals surface area contributed by atoms with Gasteiger partial charge in [-0.25, -0.2) is 0 Å². The molecule has 142 valence electrons. The van der Waals surface area contributed by atoms with Gasteiger partial charge in [0.2, 0.25) is 11.7 Å². The zero-order chi connectivity index (χ0) is 19.8. The molecule has 0 bridgehead atoms. The Morgan fingerprint density at radius 2 is 2.07 bits per heavy atom. The number of rotatable bonds is 8. The molecular weight excluding hydrogens is 356 g/mol. The Morgan fingerprint density at radius 3 is 2.78 bits per heavy atom. The molecule has 0 fully saturated rings. The summed E-state index contributed by atoms with van der Waals surface area (Å²) < 4.78 is 10.2. The Balaban J connectivity index is 1.88. The number of nitro groups is 1. The third-order valence-electron chi connectivity index (χ3n) is 3.43. The number of ether oxygens (including phenoxy) is 2. The quantitative estimate of drug-likeness (QED) is 0.548. The molecule has 2 amide bonds. The Hall–Kier alpha value is -3.69. The van der Waals surface area contributed by atoms with Crippen LogP contribution in [-0.2, 0) is 9.59 Å². The fraction of sp³-hybridized carbons (Fsp3) is 0.235. The fourth-order valence-electron chi connectivity index (χ4n) is 2.09. The lowest BCUT2D eigenvalue weighted by Gasteiger charge is -2.17. The molecule has 0 unspecified atom stereocenters. The number of amides is 2. The van der Waals surface area contributed by atoms with E-state index in [1.807, 2.05) is 0 Å². The number of benzene rings is 1. The van der Waals surface area contributed by atoms with E-state index in [0.29, 0.717) is 11.4 Å². The van der Waals surface area contributed by atoms with E-state index in [9.17, 15) is 19.7 Å². The lowest BCUT2D eigenvalue weighted by Crippen LogP contribution is -2.37. The van der Waals surface area contributed by atoms with Crippen LogP contribution < -0.4 is 14.8 Å². The minimum absolute atomic E-state index is 0.120. The maximum atomic E-state index is 12.1. The molecule has 0 aliphatic rings. The van der Waals surface area contributed by atoms with E-state index in [-0.39, 0.29) is 12.3 Å².